The Labute approximate surface area is 171 Å². The van der Waals surface area contributed by atoms with Crippen molar-refractivity contribution in [2.45, 2.75) is 20.0 Å². The van der Waals surface area contributed by atoms with Crippen LogP contribution in [0.3, 0.4) is 0 Å². The van der Waals surface area contributed by atoms with Gasteiger partial charge in [-0.2, -0.15) is 0 Å². The molecule has 3 rings (SSSR count). The number of nitrogens with zero attached hydrogens (tertiary/aromatic N) is 2. The molecular formula is C22H28FN3O3. The van der Waals surface area contributed by atoms with Crippen molar-refractivity contribution < 1.29 is 18.6 Å². The van der Waals surface area contributed by atoms with Crippen molar-refractivity contribution in [3.63, 3.8) is 0 Å². The van der Waals surface area contributed by atoms with Crippen molar-refractivity contribution in [3.8, 4) is 11.5 Å². The Balaban J connectivity index is 1.57. The molecule has 2 aromatic rings. The van der Waals surface area contributed by atoms with E-state index in [0.29, 0.717) is 32.7 Å². The van der Waals surface area contributed by atoms with E-state index in [0.717, 1.165) is 35.1 Å². The number of ether oxygens (including phenoxy) is 3. The van der Waals surface area contributed by atoms with Crippen LogP contribution in [0.5, 0.6) is 11.5 Å². The Hall–Kier alpha value is -2.80. The van der Waals surface area contributed by atoms with Gasteiger partial charge in [0.15, 0.2) is 12.8 Å². The van der Waals surface area contributed by atoms with Gasteiger partial charge in [-0.1, -0.05) is 18.2 Å². The van der Waals surface area contributed by atoms with Crippen molar-refractivity contribution in [2.75, 3.05) is 40.1 Å². The Kier molecular flexibility index (Phi) is 7.69. The summed E-state index contributed by atoms with van der Waals surface area (Å²) in [5, 5.41) is 3.29. The first kappa shape index (κ1) is 20.9. The van der Waals surface area contributed by atoms with E-state index in [4.69, 9.17) is 14.2 Å². The highest BCUT2D eigenvalue weighted by atomic mass is 19.1. The lowest BCUT2D eigenvalue weighted by atomic mass is 10.1. The average molecular weight is 401 g/mol. The number of hydrogen-bond acceptors (Lipinski definition) is 4. The quantitative estimate of drug-likeness (QED) is 0.544. The predicted octanol–water partition coefficient (Wildman–Crippen LogP) is 3.21. The zero-order valence-electron chi connectivity index (χ0n) is 17.0. The second kappa shape index (κ2) is 10.7. The first-order valence-corrected chi connectivity index (χ1v) is 9.86. The van der Waals surface area contributed by atoms with E-state index in [1.54, 1.807) is 0 Å². The zero-order valence-corrected chi connectivity index (χ0v) is 17.0. The third kappa shape index (κ3) is 6.09. The van der Waals surface area contributed by atoms with Crippen molar-refractivity contribution in [3.05, 3.63) is 59.4 Å². The second-order valence-electron chi connectivity index (χ2n) is 6.73. The summed E-state index contributed by atoms with van der Waals surface area (Å²) in [6.07, 6.45) is 0.587. The Morgan fingerprint density at radius 3 is 2.90 bits per heavy atom. The molecule has 0 fully saturated rings. The summed E-state index contributed by atoms with van der Waals surface area (Å²) in [6.45, 7) is 5.12. The maximum absolute atomic E-state index is 13.9. The molecule has 0 aromatic heterocycles. The topological polar surface area (TPSA) is 55.3 Å². The monoisotopic (exact) mass is 401 g/mol. The lowest BCUT2D eigenvalue weighted by molar-refractivity contribution is -0.0172. The molecule has 1 aliphatic heterocycles. The lowest BCUT2D eigenvalue weighted by Crippen LogP contribution is -2.41. The summed E-state index contributed by atoms with van der Waals surface area (Å²) >= 11 is 0. The number of halogens is 1. The smallest absolute Gasteiger partial charge is 0.193 e. The molecular weight excluding hydrogens is 373 g/mol. The SMILES string of the molecule is CCNC(=NCCc1cc(F)cc2c1OCOC2)N(C)CCOc1ccccc1. The van der Waals surface area contributed by atoms with Gasteiger partial charge in [0, 0.05) is 25.7 Å². The normalized spacial score (nSPS) is 13.4. The molecule has 0 unspecified atom stereocenters. The molecule has 0 saturated carbocycles. The van der Waals surface area contributed by atoms with Gasteiger partial charge in [-0.3, -0.25) is 4.99 Å². The third-order valence-corrected chi connectivity index (χ3v) is 4.53. The van der Waals surface area contributed by atoms with Crippen molar-refractivity contribution in [2.24, 2.45) is 4.99 Å². The lowest BCUT2D eigenvalue weighted by Gasteiger charge is -2.23. The minimum Gasteiger partial charge on any atom is -0.492 e. The molecule has 1 heterocycles. The first-order valence-electron chi connectivity index (χ1n) is 9.86. The van der Waals surface area contributed by atoms with Gasteiger partial charge in [0.1, 0.15) is 23.9 Å². The van der Waals surface area contributed by atoms with Gasteiger partial charge in [0.2, 0.25) is 0 Å². The molecule has 0 amide bonds. The third-order valence-electron chi connectivity index (χ3n) is 4.53. The predicted molar refractivity (Wildman–Crippen MR) is 111 cm³/mol. The van der Waals surface area contributed by atoms with Crippen LogP contribution >= 0.6 is 0 Å². The van der Waals surface area contributed by atoms with Crippen LogP contribution in [0.1, 0.15) is 18.1 Å². The maximum atomic E-state index is 13.9. The summed E-state index contributed by atoms with van der Waals surface area (Å²) in [5.41, 5.74) is 1.57. The van der Waals surface area contributed by atoms with Crippen molar-refractivity contribution >= 4 is 5.96 Å². The van der Waals surface area contributed by atoms with E-state index in [2.05, 4.69) is 10.3 Å². The number of benzene rings is 2. The molecule has 0 bridgehead atoms. The highest BCUT2D eigenvalue weighted by Crippen LogP contribution is 2.29. The molecule has 156 valence electrons. The van der Waals surface area contributed by atoms with E-state index in [-0.39, 0.29) is 12.6 Å². The average Bonchev–Trinajstić information content (AvgIpc) is 2.73. The minimum absolute atomic E-state index is 0.196. The first-order chi connectivity index (χ1) is 14.2. The number of likely N-dealkylation sites (N-methyl/N-ethyl adjacent to an activating group) is 1. The van der Waals surface area contributed by atoms with Crippen LogP contribution in [0.4, 0.5) is 4.39 Å². The van der Waals surface area contributed by atoms with Gasteiger partial charge in [-0.15, -0.1) is 0 Å². The Bertz CT molecular complexity index is 814. The molecule has 7 heteroatoms. The summed E-state index contributed by atoms with van der Waals surface area (Å²) in [5.74, 6) is 2.09. The highest BCUT2D eigenvalue weighted by molar-refractivity contribution is 5.79. The van der Waals surface area contributed by atoms with Crippen LogP contribution in [-0.4, -0.2) is 50.9 Å². The number of aliphatic imine (C=N–C) groups is 1. The standard InChI is InChI=1S/C22H28FN3O3/c1-3-24-22(26(2)11-12-28-20-7-5-4-6-8-20)25-10-9-17-13-19(23)14-18-15-27-16-29-21(17)18/h4-8,13-14H,3,9-12,15-16H2,1-2H3,(H,24,25). The van der Waals surface area contributed by atoms with Gasteiger partial charge in [0.25, 0.3) is 0 Å². The maximum Gasteiger partial charge on any atom is 0.193 e. The van der Waals surface area contributed by atoms with E-state index < -0.39 is 0 Å². The van der Waals surface area contributed by atoms with Gasteiger partial charge >= 0.3 is 0 Å². The molecule has 6 nitrogen and oxygen atoms in total. The number of hydrogen-bond donors (Lipinski definition) is 1. The summed E-state index contributed by atoms with van der Waals surface area (Å²) in [6, 6.07) is 12.7. The number of fused-ring (bicyclic) bond motifs is 1. The summed E-state index contributed by atoms with van der Waals surface area (Å²) < 4.78 is 30.5. The fourth-order valence-corrected chi connectivity index (χ4v) is 3.12. The summed E-state index contributed by atoms with van der Waals surface area (Å²) in [4.78, 5) is 6.71. The van der Waals surface area contributed by atoms with Crippen LogP contribution in [0, 0.1) is 5.82 Å². The molecule has 0 radical (unpaired) electrons. The molecule has 29 heavy (non-hydrogen) atoms. The van der Waals surface area contributed by atoms with Gasteiger partial charge in [-0.05, 0) is 43.2 Å². The van der Waals surface area contributed by atoms with E-state index in [1.165, 1.54) is 12.1 Å². The van der Waals surface area contributed by atoms with Crippen molar-refractivity contribution in [1.29, 1.82) is 0 Å². The van der Waals surface area contributed by atoms with Crippen LogP contribution in [0.15, 0.2) is 47.5 Å². The van der Waals surface area contributed by atoms with Crippen LogP contribution < -0.4 is 14.8 Å². The highest BCUT2D eigenvalue weighted by Gasteiger charge is 2.16. The Morgan fingerprint density at radius 1 is 1.28 bits per heavy atom. The molecule has 2 aromatic carbocycles. The molecule has 0 aliphatic carbocycles. The number of nitrogens with one attached hydrogen (secondary N) is 1. The fourth-order valence-electron chi connectivity index (χ4n) is 3.12. The minimum atomic E-state index is -0.279. The zero-order chi connectivity index (χ0) is 20.5. The largest absolute Gasteiger partial charge is 0.492 e. The molecule has 0 spiro atoms. The molecule has 0 saturated heterocycles. The second-order valence-corrected chi connectivity index (χ2v) is 6.73. The van der Waals surface area contributed by atoms with Crippen LogP contribution in [0.25, 0.3) is 0 Å². The van der Waals surface area contributed by atoms with E-state index in [1.807, 2.05) is 49.2 Å². The summed E-state index contributed by atoms with van der Waals surface area (Å²) in [7, 11) is 1.97. The fraction of sp³-hybridized carbons (Fsp3) is 0.409. The van der Waals surface area contributed by atoms with Crippen LogP contribution in [0.2, 0.25) is 0 Å². The number of rotatable bonds is 8. The van der Waals surface area contributed by atoms with Gasteiger partial charge < -0.3 is 24.4 Å². The van der Waals surface area contributed by atoms with E-state index >= 15 is 0 Å². The van der Waals surface area contributed by atoms with Gasteiger partial charge in [-0.25, -0.2) is 4.39 Å². The number of para-hydroxylation sites is 1. The van der Waals surface area contributed by atoms with Gasteiger partial charge in [0.05, 0.1) is 13.2 Å². The molecule has 1 aliphatic rings. The van der Waals surface area contributed by atoms with E-state index in [9.17, 15) is 4.39 Å². The van der Waals surface area contributed by atoms with Crippen molar-refractivity contribution in [1.82, 2.24) is 10.2 Å². The Morgan fingerprint density at radius 2 is 2.10 bits per heavy atom. The molecule has 1 N–H and O–H groups in total. The van der Waals surface area contributed by atoms with Crippen LogP contribution in [-0.2, 0) is 17.8 Å². The molecule has 0 atom stereocenters. The number of guanidine groups is 1.